The van der Waals surface area contributed by atoms with E-state index in [1.807, 2.05) is 39.0 Å². The molecule has 1 N–H and O–H groups in total. The Morgan fingerprint density at radius 2 is 1.68 bits per heavy atom. The minimum Gasteiger partial charge on any atom is -0.325 e. The van der Waals surface area contributed by atoms with Crippen LogP contribution in [0.25, 0.3) is 0 Å². The normalized spacial score (nSPS) is 11.2. The topological polar surface area (TPSA) is 66.5 Å². The van der Waals surface area contributed by atoms with Crippen molar-refractivity contribution >= 4 is 43.2 Å². The number of carbonyl (C=O) groups is 1. The quantitative estimate of drug-likeness (QED) is 0.793. The summed E-state index contributed by atoms with van der Waals surface area (Å²) in [6, 6.07) is 10.9. The van der Waals surface area contributed by atoms with Gasteiger partial charge in [0.25, 0.3) is 0 Å². The molecule has 0 aliphatic heterocycles. The van der Waals surface area contributed by atoms with Crippen LogP contribution < -0.4 is 9.62 Å². The van der Waals surface area contributed by atoms with E-state index >= 15 is 0 Å². The van der Waals surface area contributed by atoms with Gasteiger partial charge in [0, 0.05) is 10.2 Å². The van der Waals surface area contributed by atoms with Gasteiger partial charge in [-0.05, 0) is 67.8 Å². The number of nitrogens with zero attached hydrogens (tertiary/aromatic N) is 1. The maximum absolute atomic E-state index is 12.4. The molecule has 0 fully saturated rings. The molecule has 2 aromatic carbocycles. The summed E-state index contributed by atoms with van der Waals surface area (Å²) in [6.07, 6.45) is 1.10. The Labute approximate surface area is 157 Å². The largest absolute Gasteiger partial charge is 0.325 e. The average Bonchev–Trinajstić information content (AvgIpc) is 2.46. The second-order valence-corrected chi connectivity index (χ2v) is 8.89. The first-order valence-corrected chi connectivity index (χ1v) is 10.3. The first-order chi connectivity index (χ1) is 11.6. The zero-order valence-corrected chi connectivity index (χ0v) is 17.0. The maximum Gasteiger partial charge on any atom is 0.245 e. The lowest BCUT2D eigenvalue weighted by atomic mass is 10.1. The second kappa shape index (κ2) is 7.58. The molecule has 0 spiro atoms. The lowest BCUT2D eigenvalue weighted by molar-refractivity contribution is -0.114. The fourth-order valence-electron chi connectivity index (χ4n) is 2.55. The Hall–Kier alpha value is -1.86. The summed E-state index contributed by atoms with van der Waals surface area (Å²) in [5, 5.41) is 2.75. The number of carbonyl (C=O) groups excluding carboxylic acids is 1. The van der Waals surface area contributed by atoms with E-state index in [-0.39, 0.29) is 6.54 Å². The molecule has 134 valence electrons. The summed E-state index contributed by atoms with van der Waals surface area (Å²) >= 11 is 3.41. The van der Waals surface area contributed by atoms with Gasteiger partial charge in [0.1, 0.15) is 6.54 Å². The number of amides is 1. The van der Waals surface area contributed by atoms with Gasteiger partial charge in [-0.25, -0.2) is 8.42 Å². The molecule has 0 aromatic heterocycles. The molecule has 0 aliphatic carbocycles. The number of sulfonamides is 1. The monoisotopic (exact) mass is 424 g/mol. The van der Waals surface area contributed by atoms with Crippen molar-refractivity contribution in [3.8, 4) is 0 Å². The third kappa shape index (κ3) is 5.31. The van der Waals surface area contributed by atoms with Crippen molar-refractivity contribution in [2.24, 2.45) is 0 Å². The van der Waals surface area contributed by atoms with Crippen molar-refractivity contribution in [1.29, 1.82) is 0 Å². The van der Waals surface area contributed by atoms with Crippen molar-refractivity contribution in [3.05, 3.63) is 57.6 Å². The van der Waals surface area contributed by atoms with Gasteiger partial charge < -0.3 is 5.32 Å². The van der Waals surface area contributed by atoms with Gasteiger partial charge in [0.05, 0.1) is 11.9 Å². The number of hydrogen-bond acceptors (Lipinski definition) is 3. The minimum atomic E-state index is -3.59. The van der Waals surface area contributed by atoms with Crippen LogP contribution in [0.1, 0.15) is 16.7 Å². The molecule has 2 aromatic rings. The van der Waals surface area contributed by atoms with E-state index in [9.17, 15) is 13.2 Å². The molecule has 0 aliphatic rings. The number of aryl methyl sites for hydroxylation is 3. The van der Waals surface area contributed by atoms with Crippen LogP contribution in [0, 0.1) is 20.8 Å². The van der Waals surface area contributed by atoms with Crippen LogP contribution in [-0.4, -0.2) is 27.1 Å². The third-order valence-electron chi connectivity index (χ3n) is 3.62. The second-order valence-electron chi connectivity index (χ2n) is 6.13. The smallest absolute Gasteiger partial charge is 0.245 e. The van der Waals surface area contributed by atoms with Gasteiger partial charge in [-0.2, -0.15) is 0 Å². The van der Waals surface area contributed by atoms with E-state index in [4.69, 9.17) is 0 Å². The maximum atomic E-state index is 12.4. The van der Waals surface area contributed by atoms with Crippen LogP contribution in [0.4, 0.5) is 11.4 Å². The van der Waals surface area contributed by atoms with Gasteiger partial charge in [0.2, 0.25) is 15.9 Å². The van der Waals surface area contributed by atoms with E-state index in [1.165, 1.54) is 0 Å². The highest BCUT2D eigenvalue weighted by Gasteiger charge is 2.21. The van der Waals surface area contributed by atoms with E-state index in [0.29, 0.717) is 11.4 Å². The zero-order chi connectivity index (χ0) is 18.8. The van der Waals surface area contributed by atoms with Gasteiger partial charge in [0.15, 0.2) is 0 Å². The third-order valence-corrected chi connectivity index (χ3v) is 5.65. The number of hydrogen-bond donors (Lipinski definition) is 1. The highest BCUT2D eigenvalue weighted by molar-refractivity contribution is 9.10. The lowest BCUT2D eigenvalue weighted by Crippen LogP contribution is -2.37. The number of anilines is 2. The van der Waals surface area contributed by atoms with E-state index < -0.39 is 15.9 Å². The van der Waals surface area contributed by atoms with Crippen molar-refractivity contribution in [2.75, 3.05) is 22.4 Å². The Morgan fingerprint density at radius 3 is 2.20 bits per heavy atom. The van der Waals surface area contributed by atoms with Crippen LogP contribution >= 0.6 is 15.9 Å². The molecule has 0 heterocycles. The predicted molar refractivity (Wildman–Crippen MR) is 106 cm³/mol. The zero-order valence-electron chi connectivity index (χ0n) is 14.6. The molecule has 0 atom stereocenters. The highest BCUT2D eigenvalue weighted by atomic mass is 79.9. The number of benzene rings is 2. The standard InChI is InChI=1S/C18H21BrN2O3S/c1-12-7-13(2)9-16(8-12)21(25(4,23)24)11-18(22)20-15-5-6-17(19)14(3)10-15/h5-10H,11H2,1-4H3,(H,20,22). The summed E-state index contributed by atoms with van der Waals surface area (Å²) in [5.41, 5.74) is 3.97. The molecule has 25 heavy (non-hydrogen) atoms. The summed E-state index contributed by atoms with van der Waals surface area (Å²) in [5.74, 6) is -0.397. The number of halogens is 1. The molecule has 7 heteroatoms. The van der Waals surface area contributed by atoms with Crippen LogP contribution in [-0.2, 0) is 14.8 Å². The van der Waals surface area contributed by atoms with Crippen molar-refractivity contribution in [1.82, 2.24) is 0 Å². The number of rotatable bonds is 5. The van der Waals surface area contributed by atoms with E-state index in [1.54, 1.807) is 18.2 Å². The Kier molecular flexibility index (Phi) is 5.90. The van der Waals surface area contributed by atoms with E-state index in [0.717, 1.165) is 31.7 Å². The number of nitrogens with one attached hydrogen (secondary N) is 1. The fourth-order valence-corrected chi connectivity index (χ4v) is 3.63. The van der Waals surface area contributed by atoms with Crippen LogP contribution in [0.2, 0.25) is 0 Å². The Bertz CT molecular complexity index is 890. The predicted octanol–water partition coefficient (Wildman–Crippen LogP) is 3.78. The van der Waals surface area contributed by atoms with Crippen LogP contribution in [0.15, 0.2) is 40.9 Å². The molecular formula is C18H21BrN2O3S. The first kappa shape index (κ1) is 19.5. The SMILES string of the molecule is Cc1cc(C)cc(N(CC(=O)Nc2ccc(Br)c(C)c2)S(C)(=O)=O)c1. The minimum absolute atomic E-state index is 0.281. The lowest BCUT2D eigenvalue weighted by Gasteiger charge is -2.23. The summed E-state index contributed by atoms with van der Waals surface area (Å²) in [4.78, 5) is 12.4. The van der Waals surface area contributed by atoms with Gasteiger partial charge in [-0.15, -0.1) is 0 Å². The van der Waals surface area contributed by atoms with Gasteiger partial charge >= 0.3 is 0 Å². The average molecular weight is 425 g/mol. The molecule has 0 saturated heterocycles. The van der Waals surface area contributed by atoms with Crippen molar-refractivity contribution < 1.29 is 13.2 Å². The summed E-state index contributed by atoms with van der Waals surface area (Å²) in [6.45, 7) is 5.41. The molecule has 0 bridgehead atoms. The first-order valence-electron chi connectivity index (χ1n) is 7.68. The van der Waals surface area contributed by atoms with Crippen molar-refractivity contribution in [3.63, 3.8) is 0 Å². The van der Waals surface area contributed by atoms with Gasteiger partial charge in [-0.3, -0.25) is 9.10 Å². The van der Waals surface area contributed by atoms with Gasteiger partial charge in [-0.1, -0.05) is 22.0 Å². The Morgan fingerprint density at radius 1 is 1.08 bits per heavy atom. The van der Waals surface area contributed by atoms with Crippen LogP contribution in [0.3, 0.4) is 0 Å². The molecule has 2 rings (SSSR count). The van der Waals surface area contributed by atoms with E-state index in [2.05, 4.69) is 21.2 Å². The summed E-state index contributed by atoms with van der Waals surface area (Å²) in [7, 11) is -3.59. The molecular weight excluding hydrogens is 404 g/mol. The molecule has 0 saturated carbocycles. The Balaban J connectivity index is 2.25. The summed E-state index contributed by atoms with van der Waals surface area (Å²) < 4.78 is 26.4. The molecule has 5 nitrogen and oxygen atoms in total. The molecule has 1 amide bonds. The highest BCUT2D eigenvalue weighted by Crippen LogP contribution is 2.22. The molecule has 0 unspecified atom stereocenters. The fraction of sp³-hybridized carbons (Fsp3) is 0.278. The van der Waals surface area contributed by atoms with Crippen molar-refractivity contribution in [2.45, 2.75) is 20.8 Å². The molecule has 0 radical (unpaired) electrons. The van der Waals surface area contributed by atoms with Crippen LogP contribution in [0.5, 0.6) is 0 Å².